The minimum absolute atomic E-state index is 0. The predicted octanol–water partition coefficient (Wildman–Crippen LogP) is 3.20. The number of halogens is 4. The summed E-state index contributed by atoms with van der Waals surface area (Å²) in [6.45, 7) is 6.45. The van der Waals surface area contributed by atoms with Crippen LogP contribution >= 0.6 is 12.4 Å². The van der Waals surface area contributed by atoms with Crippen LogP contribution in [-0.2, 0) is 20.9 Å². The highest BCUT2D eigenvalue weighted by Crippen LogP contribution is 2.30. The Morgan fingerprint density at radius 1 is 1.03 bits per heavy atom. The number of piperazine rings is 1. The Labute approximate surface area is 214 Å². The lowest BCUT2D eigenvalue weighted by molar-refractivity contribution is -0.137. The van der Waals surface area contributed by atoms with Crippen LogP contribution in [0.4, 0.5) is 19.0 Å². The third-order valence-electron chi connectivity index (χ3n) is 6.31. The van der Waals surface area contributed by atoms with E-state index >= 15 is 0 Å². The maximum Gasteiger partial charge on any atom is 0.416 e. The molecule has 3 heterocycles. The lowest BCUT2D eigenvalue weighted by Crippen LogP contribution is -2.55. The monoisotopic (exact) mass is 548 g/mol. The van der Waals surface area contributed by atoms with Crippen molar-refractivity contribution in [3.8, 4) is 0 Å². The van der Waals surface area contributed by atoms with Crippen molar-refractivity contribution in [3.63, 3.8) is 0 Å². The minimum atomic E-state index is -4.55. The molecule has 36 heavy (non-hydrogen) atoms. The van der Waals surface area contributed by atoms with Crippen molar-refractivity contribution in [3.05, 3.63) is 53.2 Å². The number of carbonyl (C=O) groups excluding carboxylic acids is 1. The maximum atomic E-state index is 13.3. The Morgan fingerprint density at radius 2 is 1.67 bits per heavy atom. The standard InChI is InChI=1S/C23H27F3N4O4S.ClH/c1-16-15-29(35(32,33)19-5-3-18(4-6-19)23(24,25)26)9-10-30(16)22(31)20-7-8-21(27-17(20)2)28-11-13-34-14-12-28;/h3-8,16H,9-15H2,1-2H3;1H/t16-;/m0./s1. The Kier molecular flexibility index (Phi) is 8.54. The van der Waals surface area contributed by atoms with E-state index in [9.17, 15) is 26.4 Å². The van der Waals surface area contributed by atoms with Crippen molar-refractivity contribution in [2.45, 2.75) is 31.0 Å². The van der Waals surface area contributed by atoms with Gasteiger partial charge in [-0.3, -0.25) is 4.79 Å². The number of hydrogen-bond donors (Lipinski definition) is 0. The number of aromatic nitrogens is 1. The molecule has 8 nitrogen and oxygen atoms in total. The molecule has 1 atom stereocenters. The van der Waals surface area contributed by atoms with Crippen LogP contribution in [0.2, 0.25) is 0 Å². The van der Waals surface area contributed by atoms with Crippen molar-refractivity contribution in [1.82, 2.24) is 14.2 Å². The van der Waals surface area contributed by atoms with Gasteiger partial charge in [0.2, 0.25) is 10.0 Å². The Hall–Kier alpha value is -2.41. The highest BCUT2D eigenvalue weighted by atomic mass is 35.5. The first-order valence-electron chi connectivity index (χ1n) is 11.3. The van der Waals surface area contributed by atoms with Gasteiger partial charge in [0.15, 0.2) is 0 Å². The number of amides is 1. The highest BCUT2D eigenvalue weighted by molar-refractivity contribution is 7.89. The van der Waals surface area contributed by atoms with E-state index in [4.69, 9.17) is 4.74 Å². The van der Waals surface area contributed by atoms with Gasteiger partial charge in [-0.1, -0.05) is 0 Å². The number of alkyl halides is 3. The van der Waals surface area contributed by atoms with Gasteiger partial charge in [0, 0.05) is 38.8 Å². The van der Waals surface area contributed by atoms with E-state index < -0.39 is 27.8 Å². The summed E-state index contributed by atoms with van der Waals surface area (Å²) in [7, 11) is -4.00. The molecule has 1 aromatic heterocycles. The van der Waals surface area contributed by atoms with E-state index in [1.54, 1.807) is 24.8 Å². The molecule has 1 aromatic carbocycles. The molecule has 2 fully saturated rings. The summed E-state index contributed by atoms with van der Waals surface area (Å²) in [4.78, 5) is 21.3. The lowest BCUT2D eigenvalue weighted by atomic mass is 10.1. The zero-order valence-corrected chi connectivity index (χ0v) is 21.5. The maximum absolute atomic E-state index is 13.3. The van der Waals surface area contributed by atoms with Gasteiger partial charge in [-0.05, 0) is 50.2 Å². The number of ether oxygens (including phenoxy) is 1. The number of hydrogen-bond acceptors (Lipinski definition) is 6. The highest BCUT2D eigenvalue weighted by Gasteiger charge is 2.36. The van der Waals surface area contributed by atoms with Crippen LogP contribution < -0.4 is 4.90 Å². The zero-order chi connectivity index (χ0) is 25.4. The molecular formula is C23H28ClF3N4O4S. The fourth-order valence-corrected chi connectivity index (χ4v) is 5.82. The molecule has 1 amide bonds. The van der Waals surface area contributed by atoms with Gasteiger partial charge in [-0.15, -0.1) is 12.4 Å². The first kappa shape index (κ1) is 28.2. The molecule has 2 aliphatic rings. The molecule has 4 rings (SSSR count). The summed E-state index contributed by atoms with van der Waals surface area (Å²) in [5, 5.41) is 0. The van der Waals surface area contributed by atoms with Crippen molar-refractivity contribution in [2.75, 3.05) is 50.8 Å². The summed E-state index contributed by atoms with van der Waals surface area (Å²) in [5.74, 6) is 0.547. The smallest absolute Gasteiger partial charge is 0.378 e. The summed E-state index contributed by atoms with van der Waals surface area (Å²) in [6.07, 6.45) is -4.55. The summed E-state index contributed by atoms with van der Waals surface area (Å²) >= 11 is 0. The molecule has 0 spiro atoms. The molecule has 0 radical (unpaired) electrons. The number of pyridine rings is 1. The van der Waals surface area contributed by atoms with Crippen molar-refractivity contribution in [1.29, 1.82) is 0 Å². The molecular weight excluding hydrogens is 521 g/mol. The average Bonchev–Trinajstić information content (AvgIpc) is 2.83. The average molecular weight is 549 g/mol. The van der Waals surface area contributed by atoms with Gasteiger partial charge >= 0.3 is 6.18 Å². The largest absolute Gasteiger partial charge is 0.416 e. The summed E-state index contributed by atoms with van der Waals surface area (Å²) in [6, 6.07) is 6.56. The van der Waals surface area contributed by atoms with E-state index in [1.807, 2.05) is 6.07 Å². The molecule has 2 aromatic rings. The normalized spacial score (nSPS) is 19.6. The van der Waals surface area contributed by atoms with Gasteiger partial charge in [-0.2, -0.15) is 17.5 Å². The van der Waals surface area contributed by atoms with Crippen LogP contribution in [0, 0.1) is 6.92 Å². The predicted molar refractivity (Wildman–Crippen MR) is 130 cm³/mol. The molecule has 0 saturated carbocycles. The Bertz CT molecular complexity index is 1190. The van der Waals surface area contributed by atoms with Gasteiger partial charge < -0.3 is 14.5 Å². The third kappa shape index (κ3) is 5.77. The van der Waals surface area contributed by atoms with E-state index in [2.05, 4.69) is 9.88 Å². The van der Waals surface area contributed by atoms with E-state index in [0.29, 0.717) is 24.5 Å². The number of aryl methyl sites for hydroxylation is 1. The Balaban J connectivity index is 0.00000361. The number of nitrogens with zero attached hydrogens (tertiary/aromatic N) is 4. The number of benzene rings is 1. The number of morpholine rings is 1. The third-order valence-corrected chi connectivity index (χ3v) is 8.19. The van der Waals surface area contributed by atoms with Crippen molar-refractivity contribution < 1.29 is 31.1 Å². The van der Waals surface area contributed by atoms with Crippen LogP contribution in [0.5, 0.6) is 0 Å². The van der Waals surface area contributed by atoms with Crippen molar-refractivity contribution in [2.24, 2.45) is 0 Å². The molecule has 13 heteroatoms. The Morgan fingerprint density at radius 3 is 2.22 bits per heavy atom. The molecule has 0 aliphatic carbocycles. The second kappa shape index (κ2) is 10.9. The number of anilines is 1. The lowest BCUT2D eigenvalue weighted by Gasteiger charge is -2.39. The molecule has 0 unspecified atom stereocenters. The second-order valence-corrected chi connectivity index (χ2v) is 10.6. The van der Waals surface area contributed by atoms with E-state index in [-0.39, 0.29) is 42.8 Å². The molecule has 0 bridgehead atoms. The van der Waals surface area contributed by atoms with Crippen LogP contribution in [0.15, 0.2) is 41.3 Å². The van der Waals surface area contributed by atoms with Crippen LogP contribution in [-0.4, -0.2) is 80.5 Å². The number of rotatable bonds is 4. The van der Waals surface area contributed by atoms with Gasteiger partial charge in [0.25, 0.3) is 5.91 Å². The molecule has 2 aliphatic heterocycles. The zero-order valence-electron chi connectivity index (χ0n) is 19.9. The summed E-state index contributed by atoms with van der Waals surface area (Å²) in [5.41, 5.74) is 0.128. The van der Waals surface area contributed by atoms with Crippen LogP contribution in [0.1, 0.15) is 28.5 Å². The topological polar surface area (TPSA) is 83.1 Å². The first-order chi connectivity index (χ1) is 16.5. The fourth-order valence-electron chi connectivity index (χ4n) is 4.31. The van der Waals surface area contributed by atoms with E-state index in [0.717, 1.165) is 43.2 Å². The molecule has 2 saturated heterocycles. The quantitative estimate of drug-likeness (QED) is 0.583. The van der Waals surface area contributed by atoms with Crippen LogP contribution in [0.25, 0.3) is 0 Å². The molecule has 198 valence electrons. The van der Waals surface area contributed by atoms with Gasteiger partial charge in [0.1, 0.15) is 5.82 Å². The number of carbonyl (C=O) groups is 1. The fraction of sp³-hybridized carbons (Fsp3) is 0.478. The molecule has 0 N–H and O–H groups in total. The minimum Gasteiger partial charge on any atom is -0.378 e. The van der Waals surface area contributed by atoms with E-state index in [1.165, 1.54) is 4.31 Å². The van der Waals surface area contributed by atoms with Crippen molar-refractivity contribution >= 4 is 34.2 Å². The SMILES string of the molecule is Cc1nc(N2CCOCC2)ccc1C(=O)N1CCN(S(=O)(=O)c2ccc(C(F)(F)F)cc2)C[C@@H]1C.Cl. The van der Waals surface area contributed by atoms with Gasteiger partial charge in [0.05, 0.1) is 34.9 Å². The summed E-state index contributed by atoms with van der Waals surface area (Å²) < 4.78 is 71.0. The first-order valence-corrected chi connectivity index (χ1v) is 12.7. The number of sulfonamides is 1. The second-order valence-electron chi connectivity index (χ2n) is 8.63. The van der Waals surface area contributed by atoms with Gasteiger partial charge in [-0.25, -0.2) is 13.4 Å². The van der Waals surface area contributed by atoms with Crippen LogP contribution in [0.3, 0.4) is 0 Å².